The van der Waals surface area contributed by atoms with Gasteiger partial charge in [-0.1, -0.05) is 60.9 Å². The van der Waals surface area contributed by atoms with Gasteiger partial charge in [0, 0.05) is 18.5 Å². The van der Waals surface area contributed by atoms with Gasteiger partial charge in [0.2, 0.25) is 5.78 Å². The van der Waals surface area contributed by atoms with Gasteiger partial charge in [-0.2, -0.15) is 0 Å². The van der Waals surface area contributed by atoms with E-state index in [4.69, 9.17) is 9.47 Å². The molecule has 1 amide bonds. The number of likely N-dealkylation sites (tertiary alicyclic amines) is 1. The first-order valence-corrected chi connectivity index (χ1v) is 11.7. The second-order valence-electron chi connectivity index (χ2n) is 8.47. The van der Waals surface area contributed by atoms with Gasteiger partial charge in [-0.25, -0.2) is 0 Å². The van der Waals surface area contributed by atoms with Gasteiger partial charge in [-0.05, 0) is 23.3 Å². The van der Waals surface area contributed by atoms with Gasteiger partial charge in [0.15, 0.2) is 0 Å². The molecule has 2 aliphatic rings. The van der Waals surface area contributed by atoms with Gasteiger partial charge >= 0.3 is 0 Å². The fourth-order valence-corrected chi connectivity index (χ4v) is 4.51. The van der Waals surface area contributed by atoms with E-state index in [1.165, 1.54) is 4.90 Å². The van der Waals surface area contributed by atoms with Gasteiger partial charge in [-0.15, -0.1) is 0 Å². The first-order chi connectivity index (χ1) is 16.6. The van der Waals surface area contributed by atoms with Gasteiger partial charge in [0.1, 0.15) is 25.4 Å². The highest BCUT2D eigenvalue weighted by Gasteiger charge is 2.43. The van der Waals surface area contributed by atoms with Crippen molar-refractivity contribution in [2.75, 3.05) is 46.0 Å². The summed E-state index contributed by atoms with van der Waals surface area (Å²) in [5.41, 5.74) is 1.12. The van der Waals surface area contributed by atoms with Crippen molar-refractivity contribution in [3.05, 3.63) is 84.0 Å². The number of nitrogens with one attached hydrogen (secondary N) is 1. The number of amides is 1. The molecule has 0 spiro atoms. The Bertz CT molecular complexity index is 1040. The molecule has 7 heteroatoms. The Morgan fingerprint density at radius 3 is 2.50 bits per heavy atom. The zero-order chi connectivity index (χ0) is 23.9. The highest BCUT2D eigenvalue weighted by molar-refractivity contribution is 6.46. The molecular weight excluding hydrogens is 432 g/mol. The van der Waals surface area contributed by atoms with Crippen LogP contribution in [0.25, 0.3) is 5.76 Å². The van der Waals surface area contributed by atoms with Crippen molar-refractivity contribution in [3.63, 3.8) is 0 Å². The third-order valence-electron chi connectivity index (χ3n) is 6.26. The van der Waals surface area contributed by atoms with E-state index in [-0.39, 0.29) is 5.57 Å². The molecule has 7 nitrogen and oxygen atoms in total. The summed E-state index contributed by atoms with van der Waals surface area (Å²) < 4.78 is 10.9. The number of nitrogens with zero attached hydrogens (tertiary/aromatic N) is 1. The molecule has 0 aromatic heterocycles. The molecule has 1 atom stereocenters. The van der Waals surface area contributed by atoms with E-state index in [0.29, 0.717) is 24.5 Å². The lowest BCUT2D eigenvalue weighted by atomic mass is 9.95. The summed E-state index contributed by atoms with van der Waals surface area (Å²) in [5, 5.41) is 13.5. The lowest BCUT2D eigenvalue weighted by Crippen LogP contribution is -3.14. The Morgan fingerprint density at radius 2 is 1.82 bits per heavy atom. The Balaban J connectivity index is 1.61. The van der Waals surface area contributed by atoms with Gasteiger partial charge in [0.25, 0.3) is 5.91 Å². The molecular formula is C27H30N2O5. The second kappa shape index (κ2) is 11.1. The summed E-state index contributed by atoms with van der Waals surface area (Å²) >= 11 is 0. The first-order valence-electron chi connectivity index (χ1n) is 11.7. The number of carbonyl (C=O) groups is 2. The molecule has 2 aromatic carbocycles. The predicted molar refractivity (Wildman–Crippen MR) is 126 cm³/mol. The van der Waals surface area contributed by atoms with Crippen molar-refractivity contribution >= 4 is 17.4 Å². The average Bonchev–Trinajstić information content (AvgIpc) is 3.13. The van der Waals surface area contributed by atoms with E-state index in [1.54, 1.807) is 35.2 Å². The highest BCUT2D eigenvalue weighted by atomic mass is 16.5. The van der Waals surface area contributed by atoms with E-state index in [2.05, 4.69) is 6.58 Å². The van der Waals surface area contributed by atoms with E-state index in [9.17, 15) is 14.7 Å². The highest BCUT2D eigenvalue weighted by Crippen LogP contribution is 2.38. The number of quaternary nitrogens is 1. The van der Waals surface area contributed by atoms with Crippen LogP contribution in [0.1, 0.15) is 23.6 Å². The van der Waals surface area contributed by atoms with Crippen molar-refractivity contribution in [2.45, 2.75) is 12.5 Å². The topological polar surface area (TPSA) is 83.3 Å². The molecule has 0 saturated carbocycles. The molecule has 0 bridgehead atoms. The van der Waals surface area contributed by atoms with Crippen LogP contribution in [-0.2, 0) is 14.3 Å². The van der Waals surface area contributed by atoms with E-state index in [1.807, 2.05) is 30.3 Å². The molecule has 2 heterocycles. The zero-order valence-electron chi connectivity index (χ0n) is 19.2. The molecule has 2 aromatic rings. The maximum atomic E-state index is 13.5. The Labute approximate surface area is 199 Å². The fourth-order valence-electron chi connectivity index (χ4n) is 4.51. The fraction of sp³-hybridized carbons (Fsp3) is 0.333. The summed E-state index contributed by atoms with van der Waals surface area (Å²) in [6.45, 7) is 8.65. The molecule has 4 rings (SSSR count). The van der Waals surface area contributed by atoms with E-state index < -0.39 is 23.5 Å². The number of carbonyl (C=O) groups excluding carboxylic acids is 2. The van der Waals surface area contributed by atoms with Crippen LogP contribution in [-0.4, -0.2) is 62.6 Å². The molecule has 1 N–H and O–H groups in total. The first kappa shape index (κ1) is 23.7. The average molecular weight is 463 g/mol. The van der Waals surface area contributed by atoms with Gasteiger partial charge < -0.3 is 24.4 Å². The van der Waals surface area contributed by atoms with Gasteiger partial charge in [-0.3, -0.25) is 9.59 Å². The van der Waals surface area contributed by atoms with Gasteiger partial charge in [0.05, 0.1) is 25.8 Å². The number of rotatable bonds is 9. The van der Waals surface area contributed by atoms with Crippen LogP contribution in [0, 0.1) is 0 Å². The lowest BCUT2D eigenvalue weighted by molar-refractivity contribution is -0.908. The number of morpholine rings is 1. The number of Topliss-reactive ketones (excluding diaryl/α,β-unsaturated/α-hetero) is 1. The van der Waals surface area contributed by atoms with Crippen LogP contribution >= 0.6 is 0 Å². The molecule has 2 fully saturated rings. The number of benzene rings is 2. The second-order valence-corrected chi connectivity index (χ2v) is 8.47. The Hall–Kier alpha value is -3.42. The Kier molecular flexibility index (Phi) is 7.77. The summed E-state index contributed by atoms with van der Waals surface area (Å²) in [7, 11) is 0. The lowest BCUT2D eigenvalue weighted by Gasteiger charge is -2.29. The summed E-state index contributed by atoms with van der Waals surface area (Å²) in [4.78, 5) is 29.1. The number of hydrogen-bond acceptors (Lipinski definition) is 5. The van der Waals surface area contributed by atoms with Crippen molar-refractivity contribution in [1.82, 2.24) is 4.90 Å². The smallest absolute Gasteiger partial charge is 0.295 e. The largest absolute Gasteiger partial charge is 0.872 e. The minimum atomic E-state index is -0.718. The SMILES string of the molecule is C=CCOc1ccc(/C([O-])=C2\C(=O)C(=O)N(CCC[NH+]3CCOCC3)C2c2ccccc2)cc1. The Morgan fingerprint density at radius 1 is 1.12 bits per heavy atom. The van der Waals surface area contributed by atoms with Crippen LogP contribution in [0.5, 0.6) is 5.75 Å². The standard InChI is InChI=1S/C27H30N2O5/c1-2-17-34-22-11-9-21(10-12-22)25(30)23-24(20-7-4-3-5-8-20)29(27(32)26(23)31)14-6-13-28-15-18-33-19-16-28/h2-5,7-12,24,30H,1,6,13-19H2/b25-23+. The summed E-state index contributed by atoms with van der Waals surface area (Å²) in [6, 6.07) is 15.2. The van der Waals surface area contributed by atoms with Crippen molar-refractivity contribution in [1.29, 1.82) is 0 Å². The quantitative estimate of drug-likeness (QED) is 0.258. The van der Waals surface area contributed by atoms with E-state index >= 15 is 0 Å². The minimum Gasteiger partial charge on any atom is -0.872 e. The summed E-state index contributed by atoms with van der Waals surface area (Å²) in [6.07, 6.45) is 2.38. The normalized spacial score (nSPS) is 20.5. The molecule has 2 aliphatic heterocycles. The predicted octanol–water partition coefficient (Wildman–Crippen LogP) is 0.781. The van der Waals surface area contributed by atoms with Crippen LogP contribution in [0.2, 0.25) is 0 Å². The van der Waals surface area contributed by atoms with E-state index in [0.717, 1.165) is 44.8 Å². The van der Waals surface area contributed by atoms with Crippen LogP contribution in [0.3, 0.4) is 0 Å². The van der Waals surface area contributed by atoms with Crippen LogP contribution < -0.4 is 14.7 Å². The van der Waals surface area contributed by atoms with Crippen molar-refractivity contribution in [3.8, 4) is 5.75 Å². The molecule has 178 valence electrons. The zero-order valence-corrected chi connectivity index (χ0v) is 19.2. The number of ketones is 1. The number of ether oxygens (including phenoxy) is 2. The molecule has 0 aliphatic carbocycles. The number of hydrogen-bond donors (Lipinski definition) is 1. The minimum absolute atomic E-state index is 0.00896. The van der Waals surface area contributed by atoms with Crippen molar-refractivity contribution in [2.24, 2.45) is 0 Å². The molecule has 2 saturated heterocycles. The molecule has 1 unspecified atom stereocenters. The van der Waals surface area contributed by atoms with Crippen molar-refractivity contribution < 1.29 is 29.1 Å². The molecule has 34 heavy (non-hydrogen) atoms. The summed E-state index contributed by atoms with van der Waals surface area (Å²) in [5.74, 6) is -1.16. The third-order valence-corrected chi connectivity index (χ3v) is 6.26. The van der Waals surface area contributed by atoms with Crippen LogP contribution in [0.4, 0.5) is 0 Å². The molecule has 0 radical (unpaired) electrons. The maximum absolute atomic E-state index is 13.5. The van der Waals surface area contributed by atoms with Crippen LogP contribution in [0.15, 0.2) is 72.8 Å². The third kappa shape index (κ3) is 5.21. The maximum Gasteiger partial charge on any atom is 0.295 e. The monoisotopic (exact) mass is 462 g/mol.